The molecule has 0 heterocycles. The van der Waals surface area contributed by atoms with E-state index >= 15 is 0 Å². The summed E-state index contributed by atoms with van der Waals surface area (Å²) in [7, 11) is 0. The van der Waals surface area contributed by atoms with E-state index in [1.807, 2.05) is 48.5 Å². The number of benzene rings is 2. The zero-order valence-electron chi connectivity index (χ0n) is 16.7. The van der Waals surface area contributed by atoms with Crippen molar-refractivity contribution in [2.75, 3.05) is 0 Å². The number of thiocarbonyl (C=S) groups is 1. The molecule has 7 N–H and O–H groups in total. The van der Waals surface area contributed by atoms with Crippen LogP contribution >= 0.6 is 12.2 Å². The van der Waals surface area contributed by atoms with Crippen molar-refractivity contribution in [2.45, 2.75) is 0 Å². The van der Waals surface area contributed by atoms with E-state index < -0.39 is 0 Å². The highest BCUT2D eigenvalue weighted by atomic mass is 32.1. The lowest BCUT2D eigenvalue weighted by atomic mass is 10.2. The van der Waals surface area contributed by atoms with Crippen LogP contribution in [0.15, 0.2) is 93.5 Å². The predicted octanol–water partition coefficient (Wildman–Crippen LogP) is 1.72. The average Bonchev–Trinajstić information content (AvgIpc) is 2.77. The van der Waals surface area contributed by atoms with E-state index in [2.05, 4.69) is 49.6 Å². The maximum atomic E-state index is 5.37. The lowest BCUT2D eigenvalue weighted by Gasteiger charge is -2.00. The molecule has 158 valence electrons. The minimum atomic E-state index is 0.213. The molecule has 2 aromatic carbocycles. The third kappa shape index (κ3) is 9.26. The van der Waals surface area contributed by atoms with Crippen molar-refractivity contribution < 1.29 is 0 Å². The second kappa shape index (κ2) is 12.4. The van der Waals surface area contributed by atoms with E-state index in [0.29, 0.717) is 5.82 Å². The van der Waals surface area contributed by atoms with E-state index in [1.54, 1.807) is 24.9 Å². The second-order valence-electron chi connectivity index (χ2n) is 6.01. The smallest absolute Gasteiger partial charge is 0.207 e. The molecular weight excluding hydrogens is 410 g/mol. The van der Waals surface area contributed by atoms with Gasteiger partial charge in [-0.1, -0.05) is 61.7 Å². The van der Waals surface area contributed by atoms with Gasteiger partial charge in [0.25, 0.3) is 0 Å². The Balaban J connectivity index is 1.83. The van der Waals surface area contributed by atoms with Crippen molar-refractivity contribution in [2.24, 2.45) is 31.8 Å². The molecule has 0 unspecified atom stereocenters. The summed E-state index contributed by atoms with van der Waals surface area (Å²) in [6.07, 6.45) is 6.59. The van der Waals surface area contributed by atoms with Gasteiger partial charge in [0, 0.05) is 12.4 Å². The first-order chi connectivity index (χ1) is 15.0. The molecule has 0 atom stereocenters. The number of nitrogens with one attached hydrogen (secondary N) is 3. The molecule has 0 aromatic heterocycles. The summed E-state index contributed by atoms with van der Waals surface area (Å²) in [4.78, 5) is 8.22. The third-order valence-corrected chi connectivity index (χ3v) is 3.75. The first-order valence-electron chi connectivity index (χ1n) is 8.96. The second-order valence-corrected chi connectivity index (χ2v) is 6.40. The fourth-order valence-corrected chi connectivity index (χ4v) is 2.11. The predicted molar refractivity (Wildman–Crippen MR) is 132 cm³/mol. The van der Waals surface area contributed by atoms with Gasteiger partial charge in [-0.15, -0.1) is 0 Å². The molecule has 0 aliphatic heterocycles. The lowest BCUT2D eigenvalue weighted by Crippen LogP contribution is -2.26. The Labute approximate surface area is 186 Å². The Kier molecular flexibility index (Phi) is 9.27. The number of hydrazone groups is 2. The van der Waals surface area contributed by atoms with Crippen molar-refractivity contribution in [3.05, 3.63) is 95.6 Å². The highest BCUT2D eigenvalue weighted by molar-refractivity contribution is 7.80. The highest BCUT2D eigenvalue weighted by Gasteiger charge is 1.93. The molecule has 0 aliphatic carbocycles. The summed E-state index contributed by atoms with van der Waals surface area (Å²) in [6.45, 7) is 7.32. The largest absolute Gasteiger partial charge is 0.385 e. The maximum Gasteiger partial charge on any atom is 0.207 e. The number of nitrogens with two attached hydrogens (primary N) is 2. The number of hydrazine groups is 1. The topological polar surface area (TPSA) is 138 Å². The molecule has 0 saturated heterocycles. The molecule has 2 rings (SSSR count). The number of rotatable bonds is 9. The highest BCUT2D eigenvalue weighted by Crippen LogP contribution is 2.02. The fraction of sp³-hybridized carbons (Fsp3) is 0. The van der Waals surface area contributed by atoms with Gasteiger partial charge < -0.3 is 5.73 Å². The summed E-state index contributed by atoms with van der Waals surface area (Å²) < 4.78 is 0. The monoisotopic (exact) mass is 433 g/mol. The summed E-state index contributed by atoms with van der Waals surface area (Å²) in [5, 5.41) is 8.27. The van der Waals surface area contributed by atoms with Crippen LogP contribution < -0.4 is 27.9 Å². The molecule has 0 saturated carbocycles. The normalized spacial score (nSPS) is 11.4. The quantitative estimate of drug-likeness (QED) is 0.177. The Morgan fingerprint density at radius 2 is 1.16 bits per heavy atom. The fourth-order valence-electron chi connectivity index (χ4n) is 2.06. The van der Waals surface area contributed by atoms with Crippen LogP contribution in [0.25, 0.3) is 0 Å². The van der Waals surface area contributed by atoms with Crippen molar-refractivity contribution in [1.82, 2.24) is 16.3 Å². The molecule has 9 nitrogen and oxygen atoms in total. The summed E-state index contributed by atoms with van der Waals surface area (Å²) in [6, 6.07) is 15.1. The van der Waals surface area contributed by atoms with Crippen LogP contribution in [0.3, 0.4) is 0 Å². The molecule has 31 heavy (non-hydrogen) atoms. The SMILES string of the molecule is C=C(N)N/N=C/c1ccc(/C=N/C(=C)N/N=C/c2ccc(/C=N/C(=S)NN)cc2)cc1. The van der Waals surface area contributed by atoms with Gasteiger partial charge in [0.15, 0.2) is 0 Å². The van der Waals surface area contributed by atoms with Gasteiger partial charge in [0.05, 0.1) is 12.4 Å². The van der Waals surface area contributed by atoms with Gasteiger partial charge in [-0.2, -0.15) is 10.2 Å². The van der Waals surface area contributed by atoms with Gasteiger partial charge >= 0.3 is 0 Å². The van der Waals surface area contributed by atoms with Crippen LogP contribution in [0, 0.1) is 0 Å². The molecule has 0 amide bonds. The third-order valence-electron chi connectivity index (χ3n) is 3.53. The van der Waals surface area contributed by atoms with Crippen LogP contribution in [-0.4, -0.2) is 30.0 Å². The van der Waals surface area contributed by atoms with Crippen molar-refractivity contribution in [3.8, 4) is 0 Å². The average molecular weight is 434 g/mol. The maximum absolute atomic E-state index is 5.37. The van der Waals surface area contributed by atoms with Crippen LogP contribution in [0.1, 0.15) is 22.3 Å². The number of nitrogens with zero attached hydrogens (tertiary/aromatic N) is 4. The van der Waals surface area contributed by atoms with Crippen molar-refractivity contribution in [1.29, 1.82) is 0 Å². The van der Waals surface area contributed by atoms with Gasteiger partial charge in [0.1, 0.15) is 11.6 Å². The first kappa shape index (κ1) is 23.1. The van der Waals surface area contributed by atoms with Gasteiger partial charge in [-0.25, -0.2) is 15.8 Å². The van der Waals surface area contributed by atoms with E-state index in [-0.39, 0.29) is 10.9 Å². The Morgan fingerprint density at radius 3 is 1.61 bits per heavy atom. The molecule has 2 aromatic rings. The summed E-state index contributed by atoms with van der Waals surface area (Å²) >= 11 is 4.85. The Morgan fingerprint density at radius 1 is 0.742 bits per heavy atom. The van der Waals surface area contributed by atoms with Gasteiger partial charge in [-0.05, 0) is 34.5 Å². The minimum Gasteiger partial charge on any atom is -0.385 e. The van der Waals surface area contributed by atoms with E-state index in [0.717, 1.165) is 22.3 Å². The van der Waals surface area contributed by atoms with Crippen LogP contribution in [0.5, 0.6) is 0 Å². The zero-order chi connectivity index (χ0) is 22.5. The lowest BCUT2D eigenvalue weighted by molar-refractivity contribution is 0.882. The van der Waals surface area contributed by atoms with Crippen LogP contribution in [0.4, 0.5) is 0 Å². The summed E-state index contributed by atoms with van der Waals surface area (Å²) in [5.74, 6) is 5.85. The summed E-state index contributed by atoms with van der Waals surface area (Å²) in [5.41, 5.74) is 16.6. The minimum absolute atomic E-state index is 0.213. The van der Waals surface area contributed by atoms with E-state index in [1.165, 1.54) is 0 Å². The number of aliphatic imine (C=N–C) groups is 2. The zero-order valence-corrected chi connectivity index (χ0v) is 17.5. The van der Waals surface area contributed by atoms with Gasteiger partial charge in [0.2, 0.25) is 5.11 Å². The van der Waals surface area contributed by atoms with Crippen molar-refractivity contribution >= 4 is 42.2 Å². The molecule has 0 bridgehead atoms. The molecule has 0 radical (unpaired) electrons. The van der Waals surface area contributed by atoms with Gasteiger partial charge in [-0.3, -0.25) is 16.3 Å². The van der Waals surface area contributed by atoms with Crippen LogP contribution in [-0.2, 0) is 0 Å². The number of hydrogen-bond donors (Lipinski definition) is 5. The Hall–Kier alpha value is -4.15. The number of hydrogen-bond acceptors (Lipinski definition) is 8. The molecule has 0 spiro atoms. The molecular formula is C21H23N9S. The van der Waals surface area contributed by atoms with E-state index in [4.69, 9.17) is 23.8 Å². The molecule has 10 heteroatoms. The molecule has 0 fully saturated rings. The van der Waals surface area contributed by atoms with Crippen molar-refractivity contribution in [3.63, 3.8) is 0 Å². The van der Waals surface area contributed by atoms with Crippen LogP contribution in [0.2, 0.25) is 0 Å². The molecule has 0 aliphatic rings. The first-order valence-corrected chi connectivity index (χ1v) is 9.37. The Bertz CT molecular complexity index is 1020. The standard InChI is InChI=1S/C21H23N9S/c1-15(22)29-26-13-19-7-3-17(4-8-19)11-24-16(2)30-27-14-20-9-5-18(6-10-20)12-25-21(31)28-23/h3-14,29-30H,1-2,22-23H2,(H,28,31)/b24-11+,25-12+,26-13+,27-14+. The van der Waals surface area contributed by atoms with E-state index in [9.17, 15) is 0 Å².